The van der Waals surface area contributed by atoms with Crippen molar-refractivity contribution in [1.29, 1.82) is 0 Å². The zero-order valence-electron chi connectivity index (χ0n) is 14.7. The number of carbonyl (C=O) groups excluding carboxylic acids is 2. The first kappa shape index (κ1) is 18.3. The van der Waals surface area contributed by atoms with Crippen LogP contribution >= 0.6 is 0 Å². The van der Waals surface area contributed by atoms with Gasteiger partial charge in [0.05, 0.1) is 6.61 Å². The lowest BCUT2D eigenvalue weighted by molar-refractivity contribution is 0.0476. The summed E-state index contributed by atoms with van der Waals surface area (Å²) in [6, 6.07) is 4.82. The van der Waals surface area contributed by atoms with Crippen LogP contribution in [0.4, 0.5) is 9.59 Å². The van der Waals surface area contributed by atoms with Gasteiger partial charge in [0.15, 0.2) is 5.49 Å². The number of carbonyl (C=O) groups is 2. The third-order valence-electron chi connectivity index (χ3n) is 4.89. The molecule has 1 aromatic rings. The van der Waals surface area contributed by atoms with Crippen molar-refractivity contribution < 1.29 is 24.3 Å². The highest BCUT2D eigenvalue weighted by molar-refractivity contribution is 5.68. The van der Waals surface area contributed by atoms with E-state index in [0.717, 1.165) is 56.3 Å². The molecule has 0 bridgehead atoms. The number of ether oxygens (including phenoxy) is 2. The molecule has 2 heterocycles. The van der Waals surface area contributed by atoms with Gasteiger partial charge in [-0.25, -0.2) is 9.59 Å². The largest absolute Gasteiger partial charge is 0.449 e. The molecule has 0 atom stereocenters. The van der Waals surface area contributed by atoms with Gasteiger partial charge in [-0.15, -0.1) is 0 Å². The Balaban J connectivity index is 1.39. The van der Waals surface area contributed by atoms with Crippen molar-refractivity contribution >= 4 is 12.2 Å². The van der Waals surface area contributed by atoms with Crippen LogP contribution in [0.25, 0.3) is 0 Å². The summed E-state index contributed by atoms with van der Waals surface area (Å²) in [6.07, 6.45) is 5.52. The van der Waals surface area contributed by atoms with Gasteiger partial charge in [-0.2, -0.15) is 9.72 Å². The fourth-order valence-electron chi connectivity index (χ4n) is 3.37. The molecular weight excluding hydrogens is 338 g/mol. The minimum Gasteiger partial charge on any atom is -0.449 e. The highest BCUT2D eigenvalue weighted by Crippen LogP contribution is 2.27. The van der Waals surface area contributed by atoms with E-state index in [1.807, 2.05) is 0 Å². The molecule has 1 aliphatic heterocycles. The van der Waals surface area contributed by atoms with E-state index in [0.29, 0.717) is 12.5 Å². The molecule has 8 nitrogen and oxygen atoms in total. The van der Waals surface area contributed by atoms with Crippen molar-refractivity contribution in [3.8, 4) is 0 Å². The highest BCUT2D eigenvalue weighted by atomic mass is 16.6. The fraction of sp³-hybridized carbons (Fsp3) is 0.611. The summed E-state index contributed by atoms with van der Waals surface area (Å²) >= 11 is 0. The first-order chi connectivity index (χ1) is 12.6. The molecule has 2 fully saturated rings. The van der Waals surface area contributed by atoms with E-state index in [4.69, 9.17) is 9.47 Å². The molecule has 1 aliphatic carbocycles. The van der Waals surface area contributed by atoms with Gasteiger partial charge in [0.1, 0.15) is 6.10 Å². The number of nitrogens with zero attached hydrogens (tertiary/aromatic N) is 3. The topological polar surface area (TPSA) is 93.4 Å². The van der Waals surface area contributed by atoms with Gasteiger partial charge < -0.3 is 19.6 Å². The second-order valence-electron chi connectivity index (χ2n) is 6.81. The molecule has 0 unspecified atom stereocenters. The van der Waals surface area contributed by atoms with Gasteiger partial charge in [0, 0.05) is 19.3 Å². The molecule has 1 saturated heterocycles. The molecular formula is C18H25N3O5. The Morgan fingerprint density at radius 1 is 1.15 bits per heavy atom. The average molecular weight is 363 g/mol. The number of rotatable bonds is 3. The number of likely N-dealkylation sites (tertiary alicyclic amines) is 1. The third kappa shape index (κ3) is 5.00. The molecule has 26 heavy (non-hydrogen) atoms. The van der Waals surface area contributed by atoms with Crippen molar-refractivity contribution in [1.82, 2.24) is 9.63 Å². The van der Waals surface area contributed by atoms with E-state index in [9.17, 15) is 14.8 Å². The van der Waals surface area contributed by atoms with Crippen LogP contribution in [0.15, 0.2) is 29.4 Å². The van der Waals surface area contributed by atoms with Crippen LogP contribution in [0.2, 0.25) is 0 Å². The Labute approximate surface area is 152 Å². The van der Waals surface area contributed by atoms with Gasteiger partial charge >= 0.3 is 12.2 Å². The molecule has 2 amide bonds. The molecule has 142 valence electrons. The van der Waals surface area contributed by atoms with Crippen LogP contribution in [0.3, 0.4) is 0 Å². The number of aromatic nitrogens is 1. The van der Waals surface area contributed by atoms with Gasteiger partial charge in [-0.3, -0.25) is 0 Å². The first-order valence-electron chi connectivity index (χ1n) is 9.16. The van der Waals surface area contributed by atoms with Crippen molar-refractivity contribution in [3.05, 3.63) is 29.9 Å². The predicted molar refractivity (Wildman–Crippen MR) is 91.6 cm³/mol. The zero-order chi connectivity index (χ0) is 18.4. The van der Waals surface area contributed by atoms with Crippen LogP contribution in [-0.4, -0.2) is 52.8 Å². The normalized spacial score (nSPS) is 23.7. The maximum absolute atomic E-state index is 11.9. The van der Waals surface area contributed by atoms with E-state index >= 15 is 0 Å². The Morgan fingerprint density at radius 2 is 1.88 bits per heavy atom. The van der Waals surface area contributed by atoms with E-state index in [1.165, 1.54) is 12.3 Å². The number of pyridine rings is 1. The lowest BCUT2D eigenvalue weighted by atomic mass is 9.88. The quantitative estimate of drug-likeness (QED) is 0.833. The van der Waals surface area contributed by atoms with Crippen molar-refractivity contribution in [2.45, 2.75) is 44.6 Å². The average Bonchev–Trinajstić information content (AvgIpc) is 3.18. The summed E-state index contributed by atoms with van der Waals surface area (Å²) in [5, 5.41) is 9.55. The summed E-state index contributed by atoms with van der Waals surface area (Å²) < 4.78 is 11.5. The van der Waals surface area contributed by atoms with Crippen LogP contribution in [-0.2, 0) is 9.47 Å². The van der Waals surface area contributed by atoms with Crippen LogP contribution in [0, 0.1) is 5.92 Å². The molecule has 0 aromatic carbocycles. The molecule has 1 aromatic heterocycles. The fourth-order valence-corrected chi connectivity index (χ4v) is 3.37. The maximum atomic E-state index is 11.9. The van der Waals surface area contributed by atoms with Crippen LogP contribution in [0.5, 0.6) is 0 Å². The van der Waals surface area contributed by atoms with Crippen molar-refractivity contribution in [3.63, 3.8) is 0 Å². The third-order valence-corrected chi connectivity index (χ3v) is 4.89. The standard InChI is InChI=1S/C18H25N3O5/c22-17(19-16-5-1-2-12-21(16)24)26-15-8-6-14(7-9-15)13-25-18(23)20-10-3-4-11-20/h1-2,5,12,14-15,24H,3-4,6-11,13H2/b19-16+. The second kappa shape index (κ2) is 8.73. The van der Waals surface area contributed by atoms with Gasteiger partial charge in [0.2, 0.25) is 0 Å². The van der Waals surface area contributed by atoms with Crippen LogP contribution in [0.1, 0.15) is 38.5 Å². The minimum atomic E-state index is -0.706. The monoisotopic (exact) mass is 363 g/mol. The summed E-state index contributed by atoms with van der Waals surface area (Å²) in [4.78, 5) is 29.3. The first-order valence-corrected chi connectivity index (χ1v) is 9.16. The number of amides is 2. The molecule has 1 N–H and O–H groups in total. The Morgan fingerprint density at radius 3 is 2.58 bits per heavy atom. The number of hydrogen-bond acceptors (Lipinski definition) is 5. The summed E-state index contributed by atoms with van der Waals surface area (Å²) in [7, 11) is 0. The minimum absolute atomic E-state index is 0.125. The second-order valence-corrected chi connectivity index (χ2v) is 6.81. The lowest BCUT2D eigenvalue weighted by Crippen LogP contribution is -2.31. The van der Waals surface area contributed by atoms with Gasteiger partial charge in [-0.1, -0.05) is 6.07 Å². The number of hydrogen-bond donors (Lipinski definition) is 1. The molecule has 8 heteroatoms. The summed E-state index contributed by atoms with van der Waals surface area (Å²) in [6.45, 7) is 2.01. The zero-order valence-corrected chi connectivity index (χ0v) is 14.7. The molecule has 0 spiro atoms. The Kier molecular flexibility index (Phi) is 6.14. The van der Waals surface area contributed by atoms with Crippen LogP contribution < -0.4 is 5.49 Å². The van der Waals surface area contributed by atoms with E-state index < -0.39 is 6.09 Å². The SMILES string of the molecule is O=C(/N=c1\ccccn1O)OC1CCC(COC(=O)N2CCCC2)CC1. The van der Waals surface area contributed by atoms with E-state index in [-0.39, 0.29) is 17.7 Å². The lowest BCUT2D eigenvalue weighted by Gasteiger charge is -2.28. The Bertz CT molecular complexity index is 688. The van der Waals surface area contributed by atoms with Crippen molar-refractivity contribution in [2.24, 2.45) is 10.9 Å². The molecule has 3 rings (SSSR count). The summed E-state index contributed by atoms with van der Waals surface area (Å²) in [5.41, 5.74) is 0.125. The predicted octanol–water partition coefficient (Wildman–Crippen LogP) is 2.55. The van der Waals surface area contributed by atoms with Crippen molar-refractivity contribution in [2.75, 3.05) is 19.7 Å². The van der Waals surface area contributed by atoms with E-state index in [1.54, 1.807) is 17.0 Å². The van der Waals surface area contributed by atoms with Gasteiger partial charge in [0.25, 0.3) is 0 Å². The molecule has 0 radical (unpaired) electrons. The van der Waals surface area contributed by atoms with Gasteiger partial charge in [-0.05, 0) is 56.6 Å². The van der Waals surface area contributed by atoms with E-state index in [2.05, 4.69) is 4.99 Å². The smallest absolute Gasteiger partial charge is 0.435 e. The maximum Gasteiger partial charge on any atom is 0.435 e. The molecule has 2 aliphatic rings. The summed E-state index contributed by atoms with van der Waals surface area (Å²) in [5.74, 6) is 0.308. The Hall–Kier alpha value is -2.51. The highest BCUT2D eigenvalue weighted by Gasteiger charge is 2.26. The molecule has 1 saturated carbocycles.